The fourth-order valence-electron chi connectivity index (χ4n) is 3.14. The Balaban J connectivity index is 0.00000264. The Kier molecular flexibility index (Phi) is 7.40. The van der Waals surface area contributed by atoms with Gasteiger partial charge in [0.1, 0.15) is 0 Å². The first-order valence-electron chi connectivity index (χ1n) is 7.70. The van der Waals surface area contributed by atoms with Gasteiger partial charge in [-0.1, -0.05) is 0 Å². The molecule has 2 aliphatic rings. The molecule has 134 valence electrons. The third-order valence-corrected chi connectivity index (χ3v) is 4.15. The van der Waals surface area contributed by atoms with Gasteiger partial charge in [-0.3, -0.25) is 9.79 Å². The van der Waals surface area contributed by atoms with E-state index in [-0.39, 0.29) is 41.8 Å². The van der Waals surface area contributed by atoms with Crippen molar-refractivity contribution in [1.82, 2.24) is 15.5 Å². The van der Waals surface area contributed by atoms with Crippen LogP contribution in [0.1, 0.15) is 32.6 Å². The van der Waals surface area contributed by atoms with Crippen LogP contribution in [-0.4, -0.2) is 55.7 Å². The van der Waals surface area contributed by atoms with Gasteiger partial charge in [0.25, 0.3) is 0 Å². The summed E-state index contributed by atoms with van der Waals surface area (Å²) in [5.74, 6) is 0.575. The van der Waals surface area contributed by atoms with Crippen molar-refractivity contribution in [3.63, 3.8) is 0 Å². The van der Waals surface area contributed by atoms with Crippen LogP contribution in [0.15, 0.2) is 4.99 Å². The van der Waals surface area contributed by atoms with Crippen LogP contribution < -0.4 is 10.6 Å². The van der Waals surface area contributed by atoms with Gasteiger partial charge in [-0.25, -0.2) is 0 Å². The Morgan fingerprint density at radius 3 is 2.78 bits per heavy atom. The normalized spacial score (nSPS) is 25.3. The van der Waals surface area contributed by atoms with Crippen LogP contribution in [0.4, 0.5) is 13.2 Å². The molecule has 2 rings (SSSR count). The number of nitrogens with zero attached hydrogens (tertiary/aromatic N) is 2. The summed E-state index contributed by atoms with van der Waals surface area (Å²) in [6.07, 6.45) is -2.74. The predicted molar refractivity (Wildman–Crippen MR) is 92.9 cm³/mol. The molecule has 0 aromatic rings. The van der Waals surface area contributed by atoms with Crippen LogP contribution in [0.3, 0.4) is 0 Å². The van der Waals surface area contributed by atoms with Crippen molar-refractivity contribution in [2.45, 2.75) is 38.8 Å². The highest BCUT2D eigenvalue weighted by atomic mass is 127. The van der Waals surface area contributed by atoms with Crippen molar-refractivity contribution >= 4 is 35.8 Å². The lowest BCUT2D eigenvalue weighted by Crippen LogP contribution is -2.51. The number of alkyl halides is 3. The molecule has 0 aromatic carbocycles. The average Bonchev–Trinajstić information content (AvgIpc) is 2.77. The fourth-order valence-corrected chi connectivity index (χ4v) is 3.14. The van der Waals surface area contributed by atoms with Crippen LogP contribution in [-0.2, 0) is 4.79 Å². The van der Waals surface area contributed by atoms with E-state index in [0.717, 1.165) is 19.4 Å². The molecule has 9 heteroatoms. The van der Waals surface area contributed by atoms with Gasteiger partial charge in [0.15, 0.2) is 5.96 Å². The Bertz CT molecular complexity index is 444. The zero-order valence-electron chi connectivity index (χ0n) is 13.2. The van der Waals surface area contributed by atoms with Crippen LogP contribution in [0, 0.1) is 5.41 Å². The van der Waals surface area contributed by atoms with Crippen molar-refractivity contribution in [2.24, 2.45) is 10.4 Å². The molecule has 2 N–H and O–H groups in total. The molecule has 1 spiro atoms. The highest BCUT2D eigenvalue weighted by Crippen LogP contribution is 2.36. The second kappa shape index (κ2) is 8.39. The SMILES string of the molecule is CCNC(=NCCC(F)(F)F)N1CCCC2(CNC(=O)C2)C1.I. The minimum Gasteiger partial charge on any atom is -0.357 e. The standard InChI is InChI=1S/C14H23F3N4O.HI/c1-2-18-12(19-6-5-14(15,16)17)21-7-3-4-13(10-21)8-11(22)20-9-13;/h2-10H2,1H3,(H,18,19)(H,20,22);1H. The number of amides is 1. The Morgan fingerprint density at radius 1 is 1.48 bits per heavy atom. The minimum absolute atomic E-state index is 0. The Hall–Kier alpha value is -0.740. The van der Waals surface area contributed by atoms with Crippen molar-refractivity contribution in [2.75, 3.05) is 32.7 Å². The summed E-state index contributed by atoms with van der Waals surface area (Å²) in [7, 11) is 0. The van der Waals surface area contributed by atoms with E-state index < -0.39 is 12.6 Å². The molecule has 1 unspecified atom stereocenters. The number of carbonyl (C=O) groups excluding carboxylic acids is 1. The van der Waals surface area contributed by atoms with Crippen molar-refractivity contribution < 1.29 is 18.0 Å². The number of halogens is 4. The smallest absolute Gasteiger partial charge is 0.357 e. The monoisotopic (exact) mass is 448 g/mol. The second-order valence-corrected chi connectivity index (χ2v) is 6.08. The Labute approximate surface area is 151 Å². The molecule has 0 radical (unpaired) electrons. The number of piperidine rings is 1. The van der Waals surface area contributed by atoms with E-state index in [1.807, 2.05) is 11.8 Å². The summed E-state index contributed by atoms with van der Waals surface area (Å²) in [5, 5.41) is 5.92. The summed E-state index contributed by atoms with van der Waals surface area (Å²) in [6.45, 7) is 4.28. The summed E-state index contributed by atoms with van der Waals surface area (Å²) in [4.78, 5) is 17.6. The minimum atomic E-state index is -4.19. The van der Waals surface area contributed by atoms with E-state index in [2.05, 4.69) is 15.6 Å². The molecule has 23 heavy (non-hydrogen) atoms. The first-order valence-corrected chi connectivity index (χ1v) is 7.70. The van der Waals surface area contributed by atoms with Gasteiger partial charge >= 0.3 is 6.18 Å². The molecule has 0 bridgehead atoms. The highest BCUT2D eigenvalue weighted by molar-refractivity contribution is 14.0. The molecule has 2 saturated heterocycles. The second-order valence-electron chi connectivity index (χ2n) is 6.08. The van der Waals surface area contributed by atoms with Gasteiger partial charge in [0, 0.05) is 38.0 Å². The van der Waals surface area contributed by atoms with Crippen LogP contribution in [0.25, 0.3) is 0 Å². The van der Waals surface area contributed by atoms with Gasteiger partial charge < -0.3 is 15.5 Å². The van der Waals surface area contributed by atoms with E-state index in [9.17, 15) is 18.0 Å². The number of aliphatic imine (C=N–C) groups is 1. The molecular formula is C14H24F3IN4O. The number of likely N-dealkylation sites (tertiary alicyclic amines) is 1. The van der Waals surface area contributed by atoms with Gasteiger partial charge in [-0.05, 0) is 19.8 Å². The van der Waals surface area contributed by atoms with Crippen LogP contribution in [0.5, 0.6) is 0 Å². The highest BCUT2D eigenvalue weighted by Gasteiger charge is 2.42. The molecule has 0 aliphatic carbocycles. The number of carbonyl (C=O) groups is 1. The van der Waals surface area contributed by atoms with E-state index in [1.54, 1.807) is 0 Å². The molecule has 1 amide bonds. The lowest BCUT2D eigenvalue weighted by atomic mass is 9.79. The molecule has 0 aromatic heterocycles. The predicted octanol–water partition coefficient (Wildman–Crippen LogP) is 2.12. The van der Waals surface area contributed by atoms with E-state index in [1.165, 1.54) is 0 Å². The van der Waals surface area contributed by atoms with E-state index in [0.29, 0.717) is 32.0 Å². The first kappa shape index (κ1) is 20.3. The third-order valence-electron chi connectivity index (χ3n) is 4.15. The fraction of sp³-hybridized carbons (Fsp3) is 0.857. The maximum atomic E-state index is 12.3. The summed E-state index contributed by atoms with van der Waals surface area (Å²) in [6, 6.07) is 0. The molecule has 2 aliphatic heterocycles. The molecule has 1 atom stereocenters. The number of nitrogens with one attached hydrogen (secondary N) is 2. The lowest BCUT2D eigenvalue weighted by molar-refractivity contribution is -0.132. The van der Waals surface area contributed by atoms with Gasteiger partial charge in [-0.2, -0.15) is 13.2 Å². The molecular weight excluding hydrogens is 424 g/mol. The zero-order chi connectivity index (χ0) is 16.2. The molecule has 2 heterocycles. The number of rotatable bonds is 3. The van der Waals surface area contributed by atoms with Gasteiger partial charge in [0.2, 0.25) is 5.91 Å². The lowest BCUT2D eigenvalue weighted by Gasteiger charge is -2.40. The first-order chi connectivity index (χ1) is 10.3. The summed E-state index contributed by atoms with van der Waals surface area (Å²) < 4.78 is 36.8. The number of hydrogen-bond donors (Lipinski definition) is 2. The maximum absolute atomic E-state index is 12.3. The summed E-state index contributed by atoms with van der Waals surface area (Å²) >= 11 is 0. The van der Waals surface area contributed by atoms with Crippen LogP contribution in [0.2, 0.25) is 0 Å². The van der Waals surface area contributed by atoms with Crippen molar-refractivity contribution in [1.29, 1.82) is 0 Å². The van der Waals surface area contributed by atoms with Crippen molar-refractivity contribution in [3.8, 4) is 0 Å². The summed E-state index contributed by atoms with van der Waals surface area (Å²) in [5.41, 5.74) is -0.102. The molecule has 5 nitrogen and oxygen atoms in total. The number of hydrogen-bond acceptors (Lipinski definition) is 2. The van der Waals surface area contributed by atoms with Gasteiger partial charge in [0.05, 0.1) is 13.0 Å². The van der Waals surface area contributed by atoms with Crippen molar-refractivity contribution in [3.05, 3.63) is 0 Å². The third kappa shape index (κ3) is 6.00. The quantitative estimate of drug-likeness (QED) is 0.395. The largest absolute Gasteiger partial charge is 0.390 e. The average molecular weight is 448 g/mol. The van der Waals surface area contributed by atoms with E-state index >= 15 is 0 Å². The topological polar surface area (TPSA) is 56.7 Å². The maximum Gasteiger partial charge on any atom is 0.390 e. The molecule has 2 fully saturated rings. The molecule has 0 saturated carbocycles. The zero-order valence-corrected chi connectivity index (χ0v) is 15.5. The van der Waals surface area contributed by atoms with E-state index in [4.69, 9.17) is 0 Å². The number of guanidine groups is 1. The Morgan fingerprint density at radius 2 is 2.22 bits per heavy atom. The van der Waals surface area contributed by atoms with Crippen LogP contribution >= 0.6 is 24.0 Å². The van der Waals surface area contributed by atoms with Gasteiger partial charge in [-0.15, -0.1) is 24.0 Å².